The predicted octanol–water partition coefficient (Wildman–Crippen LogP) is 5.30. The van der Waals surface area contributed by atoms with Gasteiger partial charge in [-0.25, -0.2) is 4.39 Å². The Morgan fingerprint density at radius 3 is 2.50 bits per heavy atom. The standard InChI is InChI=1S/C24H24FNO2/c1-15-6-4-9-18(10-15)26-20-13-24(2,3)14-21(27)23(20)19(12-22(26)28)16-7-5-8-17(25)11-16/h4-11,19H,12-14H2,1-3H3. The molecule has 1 aliphatic carbocycles. The minimum Gasteiger partial charge on any atom is -0.294 e. The number of hydrogen-bond donors (Lipinski definition) is 0. The lowest BCUT2D eigenvalue weighted by atomic mass is 9.69. The van der Waals surface area contributed by atoms with Crippen molar-refractivity contribution in [1.29, 1.82) is 0 Å². The van der Waals surface area contributed by atoms with Crippen LogP contribution in [0.1, 0.15) is 50.2 Å². The summed E-state index contributed by atoms with van der Waals surface area (Å²) in [5, 5.41) is 0. The lowest BCUT2D eigenvalue weighted by molar-refractivity contribution is -0.121. The Kier molecular flexibility index (Phi) is 4.45. The van der Waals surface area contributed by atoms with E-state index in [0.29, 0.717) is 24.0 Å². The molecule has 1 atom stereocenters. The monoisotopic (exact) mass is 377 g/mol. The molecular formula is C24H24FNO2. The maximum Gasteiger partial charge on any atom is 0.232 e. The van der Waals surface area contributed by atoms with Crippen LogP contribution in [0.5, 0.6) is 0 Å². The van der Waals surface area contributed by atoms with Crippen LogP contribution in [0.25, 0.3) is 0 Å². The number of amides is 1. The molecule has 3 nitrogen and oxygen atoms in total. The van der Waals surface area contributed by atoms with E-state index in [1.807, 2.05) is 31.2 Å². The zero-order chi connectivity index (χ0) is 20.1. The molecule has 4 rings (SSSR count). The molecule has 0 N–H and O–H groups in total. The zero-order valence-electron chi connectivity index (χ0n) is 16.5. The van der Waals surface area contributed by atoms with Crippen molar-refractivity contribution in [3.8, 4) is 0 Å². The average molecular weight is 377 g/mol. The summed E-state index contributed by atoms with van der Waals surface area (Å²) in [6.45, 7) is 6.09. The normalized spacial score (nSPS) is 21.7. The number of carbonyl (C=O) groups is 2. The van der Waals surface area contributed by atoms with Gasteiger partial charge in [-0.2, -0.15) is 0 Å². The lowest BCUT2D eigenvalue weighted by Gasteiger charge is -2.43. The van der Waals surface area contributed by atoms with Gasteiger partial charge in [0.05, 0.1) is 0 Å². The Morgan fingerprint density at radius 1 is 1.04 bits per heavy atom. The van der Waals surface area contributed by atoms with Crippen molar-refractivity contribution in [2.24, 2.45) is 5.41 Å². The van der Waals surface area contributed by atoms with E-state index in [1.165, 1.54) is 12.1 Å². The topological polar surface area (TPSA) is 37.4 Å². The van der Waals surface area contributed by atoms with Crippen LogP contribution in [0.3, 0.4) is 0 Å². The number of nitrogens with zero attached hydrogens (tertiary/aromatic N) is 1. The molecule has 0 saturated heterocycles. The van der Waals surface area contributed by atoms with Crippen molar-refractivity contribution in [2.75, 3.05) is 4.90 Å². The second-order valence-corrected chi connectivity index (χ2v) is 8.68. The smallest absolute Gasteiger partial charge is 0.232 e. The highest BCUT2D eigenvalue weighted by atomic mass is 19.1. The number of hydrogen-bond acceptors (Lipinski definition) is 2. The fraction of sp³-hybridized carbons (Fsp3) is 0.333. The molecule has 0 spiro atoms. The molecule has 2 aliphatic rings. The minimum absolute atomic E-state index is 0.0517. The Labute approximate surface area is 164 Å². The number of carbonyl (C=O) groups excluding carboxylic acids is 2. The molecule has 2 aromatic rings. The molecule has 0 fully saturated rings. The molecule has 0 aromatic heterocycles. The highest BCUT2D eigenvalue weighted by Crippen LogP contribution is 2.48. The van der Waals surface area contributed by atoms with Crippen LogP contribution in [-0.4, -0.2) is 11.7 Å². The van der Waals surface area contributed by atoms with E-state index in [1.54, 1.807) is 17.0 Å². The van der Waals surface area contributed by atoms with Gasteiger partial charge in [-0.1, -0.05) is 38.1 Å². The molecule has 0 radical (unpaired) electrons. The molecule has 0 saturated carbocycles. The summed E-state index contributed by atoms with van der Waals surface area (Å²) in [6, 6.07) is 14.1. The van der Waals surface area contributed by atoms with Crippen LogP contribution in [0, 0.1) is 18.2 Å². The molecule has 4 heteroatoms. The number of Topliss-reactive ketones (excluding diaryl/α,β-unsaturated/α-hetero) is 1. The average Bonchev–Trinajstić information content (AvgIpc) is 2.59. The summed E-state index contributed by atoms with van der Waals surface area (Å²) in [4.78, 5) is 28.1. The second kappa shape index (κ2) is 6.69. The molecule has 28 heavy (non-hydrogen) atoms. The van der Waals surface area contributed by atoms with Crippen LogP contribution >= 0.6 is 0 Å². The second-order valence-electron chi connectivity index (χ2n) is 8.68. The van der Waals surface area contributed by atoms with Crippen molar-refractivity contribution in [2.45, 2.75) is 46.0 Å². The first-order valence-corrected chi connectivity index (χ1v) is 9.66. The molecule has 1 unspecified atom stereocenters. The predicted molar refractivity (Wildman–Crippen MR) is 107 cm³/mol. The first-order valence-electron chi connectivity index (χ1n) is 9.66. The summed E-state index contributed by atoms with van der Waals surface area (Å²) in [7, 11) is 0. The third-order valence-electron chi connectivity index (χ3n) is 5.65. The quantitative estimate of drug-likeness (QED) is 0.712. The molecule has 1 heterocycles. The van der Waals surface area contributed by atoms with Gasteiger partial charge >= 0.3 is 0 Å². The first kappa shape index (κ1) is 18.6. The van der Waals surface area contributed by atoms with Gasteiger partial charge in [0.1, 0.15) is 5.82 Å². The fourth-order valence-electron chi connectivity index (χ4n) is 4.49. The maximum absolute atomic E-state index is 13.9. The first-order chi connectivity index (χ1) is 13.2. The number of aryl methyl sites for hydroxylation is 1. The summed E-state index contributed by atoms with van der Waals surface area (Å²) >= 11 is 0. The zero-order valence-corrected chi connectivity index (χ0v) is 16.5. The summed E-state index contributed by atoms with van der Waals surface area (Å²) in [6.07, 6.45) is 1.25. The number of ketones is 1. The number of allylic oxidation sites excluding steroid dienone is 2. The van der Waals surface area contributed by atoms with E-state index in [4.69, 9.17) is 0 Å². The maximum atomic E-state index is 13.9. The van der Waals surface area contributed by atoms with E-state index in [2.05, 4.69) is 13.8 Å². The number of rotatable bonds is 2. The van der Waals surface area contributed by atoms with Gasteiger partial charge in [0.25, 0.3) is 0 Å². The molecular weight excluding hydrogens is 353 g/mol. The van der Waals surface area contributed by atoms with Crippen LogP contribution in [-0.2, 0) is 9.59 Å². The Morgan fingerprint density at radius 2 is 1.79 bits per heavy atom. The molecule has 0 bridgehead atoms. The molecule has 2 aromatic carbocycles. The molecule has 1 amide bonds. The van der Waals surface area contributed by atoms with Gasteiger partial charge in [0.2, 0.25) is 5.91 Å². The van der Waals surface area contributed by atoms with Crippen molar-refractivity contribution >= 4 is 17.4 Å². The van der Waals surface area contributed by atoms with E-state index in [0.717, 1.165) is 16.9 Å². The summed E-state index contributed by atoms with van der Waals surface area (Å²) in [5.41, 5.74) is 3.77. The summed E-state index contributed by atoms with van der Waals surface area (Å²) in [5.74, 6) is -0.727. The van der Waals surface area contributed by atoms with Crippen LogP contribution in [0.2, 0.25) is 0 Å². The van der Waals surface area contributed by atoms with Gasteiger partial charge in [0.15, 0.2) is 5.78 Å². The Bertz CT molecular complexity index is 1010. The van der Waals surface area contributed by atoms with E-state index in [-0.39, 0.29) is 35.3 Å². The lowest BCUT2D eigenvalue weighted by Crippen LogP contribution is -2.43. The Balaban J connectivity index is 1.91. The van der Waals surface area contributed by atoms with Crippen molar-refractivity contribution in [3.63, 3.8) is 0 Å². The van der Waals surface area contributed by atoms with Crippen molar-refractivity contribution < 1.29 is 14.0 Å². The highest BCUT2D eigenvalue weighted by Gasteiger charge is 2.44. The van der Waals surface area contributed by atoms with Gasteiger partial charge in [-0.3, -0.25) is 14.5 Å². The SMILES string of the molecule is Cc1cccc(N2C(=O)CC(c3cccc(F)c3)C3=C2CC(C)(C)CC3=O)c1. The van der Waals surface area contributed by atoms with Gasteiger partial charge < -0.3 is 0 Å². The Hall–Kier alpha value is -2.75. The molecule has 1 aliphatic heterocycles. The summed E-state index contributed by atoms with van der Waals surface area (Å²) < 4.78 is 13.9. The number of anilines is 1. The van der Waals surface area contributed by atoms with Crippen molar-refractivity contribution in [1.82, 2.24) is 0 Å². The van der Waals surface area contributed by atoms with Crippen LogP contribution < -0.4 is 4.90 Å². The fourth-order valence-corrected chi connectivity index (χ4v) is 4.49. The van der Waals surface area contributed by atoms with Crippen LogP contribution in [0.4, 0.5) is 10.1 Å². The third kappa shape index (κ3) is 3.28. The van der Waals surface area contributed by atoms with Gasteiger partial charge in [-0.05, 0) is 54.2 Å². The van der Waals surface area contributed by atoms with Gasteiger partial charge in [0, 0.05) is 35.7 Å². The van der Waals surface area contributed by atoms with Crippen molar-refractivity contribution in [3.05, 3.63) is 76.7 Å². The van der Waals surface area contributed by atoms with Gasteiger partial charge in [-0.15, -0.1) is 0 Å². The minimum atomic E-state index is -0.386. The van der Waals surface area contributed by atoms with E-state index < -0.39 is 0 Å². The third-order valence-corrected chi connectivity index (χ3v) is 5.65. The highest BCUT2D eigenvalue weighted by molar-refractivity contribution is 6.07. The van der Waals surface area contributed by atoms with E-state index in [9.17, 15) is 14.0 Å². The van der Waals surface area contributed by atoms with E-state index >= 15 is 0 Å². The number of halogens is 1. The largest absolute Gasteiger partial charge is 0.294 e. The van der Waals surface area contributed by atoms with Crippen LogP contribution in [0.15, 0.2) is 59.8 Å². The number of benzene rings is 2. The molecule has 144 valence electrons.